The Kier molecular flexibility index (Phi) is 8.50. The molecule has 0 bridgehead atoms. The van der Waals surface area contributed by atoms with E-state index in [9.17, 15) is 0 Å². The second kappa shape index (κ2) is 12.1. The molecular weight excluding hydrogens is 639 g/mol. The van der Waals surface area contributed by atoms with Gasteiger partial charge in [0, 0.05) is 34.1 Å². The summed E-state index contributed by atoms with van der Waals surface area (Å²) in [5, 5.41) is 0. The molecule has 0 aliphatic carbocycles. The molecular formula is C50H61BN2. The van der Waals surface area contributed by atoms with E-state index in [1.54, 1.807) is 0 Å². The lowest BCUT2D eigenvalue weighted by Crippen LogP contribution is -2.61. The number of benzene rings is 5. The highest BCUT2D eigenvalue weighted by molar-refractivity contribution is 7.00. The van der Waals surface area contributed by atoms with Crippen LogP contribution in [0.5, 0.6) is 0 Å². The minimum absolute atomic E-state index is 0.00114. The maximum Gasteiger partial charge on any atom is 0.252 e. The van der Waals surface area contributed by atoms with Gasteiger partial charge < -0.3 is 9.80 Å². The fourth-order valence-corrected chi connectivity index (χ4v) is 8.14. The minimum Gasteiger partial charge on any atom is -0.311 e. The lowest BCUT2D eigenvalue weighted by atomic mass is 9.33. The molecule has 5 aromatic rings. The molecule has 2 nitrogen and oxygen atoms in total. The zero-order chi connectivity index (χ0) is 38.6. The van der Waals surface area contributed by atoms with Gasteiger partial charge in [0.1, 0.15) is 0 Å². The fraction of sp³-hybridized carbons (Fsp3) is 0.400. The van der Waals surface area contributed by atoms with Crippen LogP contribution in [-0.4, -0.2) is 6.71 Å². The molecule has 0 spiro atoms. The second-order valence-electron chi connectivity index (χ2n) is 20.9. The van der Waals surface area contributed by atoms with Crippen molar-refractivity contribution >= 4 is 57.2 Å². The van der Waals surface area contributed by atoms with E-state index in [0.29, 0.717) is 0 Å². The Morgan fingerprint density at radius 1 is 0.340 bits per heavy atom. The Balaban J connectivity index is 1.58. The van der Waals surface area contributed by atoms with Gasteiger partial charge in [-0.2, -0.15) is 0 Å². The van der Waals surface area contributed by atoms with Gasteiger partial charge in [-0.05, 0) is 120 Å². The zero-order valence-electron chi connectivity index (χ0n) is 35.2. The summed E-state index contributed by atoms with van der Waals surface area (Å²) in [6.45, 7) is 35.0. The highest BCUT2D eigenvalue weighted by Crippen LogP contribution is 2.46. The molecule has 0 N–H and O–H groups in total. The predicted octanol–water partition coefficient (Wildman–Crippen LogP) is 12.3. The van der Waals surface area contributed by atoms with E-state index in [4.69, 9.17) is 0 Å². The number of fused-ring (bicyclic) bond motifs is 4. The first-order valence-corrected chi connectivity index (χ1v) is 19.7. The molecule has 0 amide bonds. The van der Waals surface area contributed by atoms with Crippen LogP contribution in [0.4, 0.5) is 34.1 Å². The molecule has 2 heterocycles. The quantitative estimate of drug-likeness (QED) is 0.166. The topological polar surface area (TPSA) is 6.48 Å². The van der Waals surface area contributed by atoms with Crippen LogP contribution in [0.25, 0.3) is 0 Å². The molecule has 7 rings (SSSR count). The standard InChI is InChI=1S/C50H61BN2/c1-46(2,3)32-19-23-37(24-20-32)52-41-26-22-33(47(4,5)6)30-40(41)51-39-25-21-34(48(7,8)9)31-44(39)53(43-18-16-17-42(52)45(43)51)38-28-35(49(10,11)12)27-36(29-38)50(13,14)15/h16-31H,1-15H3. The van der Waals surface area contributed by atoms with Crippen LogP contribution in [0.2, 0.25) is 0 Å². The van der Waals surface area contributed by atoms with Gasteiger partial charge in [0.25, 0.3) is 6.71 Å². The second-order valence-corrected chi connectivity index (χ2v) is 20.9. The van der Waals surface area contributed by atoms with E-state index in [2.05, 4.69) is 211 Å². The number of anilines is 6. The van der Waals surface area contributed by atoms with Crippen molar-refractivity contribution in [2.75, 3.05) is 9.80 Å². The monoisotopic (exact) mass is 700 g/mol. The van der Waals surface area contributed by atoms with Crippen LogP contribution in [0.15, 0.2) is 97.1 Å². The normalized spacial score (nSPS) is 14.6. The third kappa shape index (κ3) is 6.53. The molecule has 0 unspecified atom stereocenters. The molecule has 2 aliphatic rings. The Hall–Kier alpha value is -4.24. The van der Waals surface area contributed by atoms with Crippen LogP contribution in [0.1, 0.15) is 132 Å². The largest absolute Gasteiger partial charge is 0.311 e. The molecule has 5 aromatic carbocycles. The summed E-state index contributed by atoms with van der Waals surface area (Å²) in [7, 11) is 0. The van der Waals surface area contributed by atoms with E-state index in [1.165, 1.54) is 78.3 Å². The molecule has 0 aromatic heterocycles. The molecule has 0 saturated heterocycles. The first-order valence-electron chi connectivity index (χ1n) is 19.7. The molecule has 0 radical (unpaired) electrons. The molecule has 2 aliphatic heterocycles. The van der Waals surface area contributed by atoms with Crippen molar-refractivity contribution in [1.82, 2.24) is 0 Å². The molecule has 53 heavy (non-hydrogen) atoms. The number of hydrogen-bond acceptors (Lipinski definition) is 2. The average Bonchev–Trinajstić information content (AvgIpc) is 3.05. The van der Waals surface area contributed by atoms with Gasteiger partial charge in [0.15, 0.2) is 0 Å². The lowest BCUT2D eigenvalue weighted by molar-refractivity contribution is 0.569. The predicted molar refractivity (Wildman–Crippen MR) is 234 cm³/mol. The van der Waals surface area contributed by atoms with E-state index in [0.717, 1.165) is 0 Å². The highest BCUT2D eigenvalue weighted by atomic mass is 15.2. The van der Waals surface area contributed by atoms with Crippen LogP contribution in [-0.2, 0) is 27.1 Å². The number of rotatable bonds is 2. The van der Waals surface area contributed by atoms with Crippen LogP contribution in [0, 0.1) is 0 Å². The average molecular weight is 701 g/mol. The van der Waals surface area contributed by atoms with E-state index in [-0.39, 0.29) is 33.8 Å². The molecule has 0 fully saturated rings. The van der Waals surface area contributed by atoms with Crippen molar-refractivity contribution < 1.29 is 0 Å². The summed E-state index contributed by atoms with van der Waals surface area (Å²) in [5.74, 6) is 0. The van der Waals surface area contributed by atoms with E-state index < -0.39 is 0 Å². The Bertz CT molecular complexity index is 2170. The van der Waals surface area contributed by atoms with Crippen LogP contribution < -0.4 is 26.2 Å². The highest BCUT2D eigenvalue weighted by Gasteiger charge is 2.44. The maximum atomic E-state index is 2.60. The van der Waals surface area contributed by atoms with Crippen molar-refractivity contribution in [2.24, 2.45) is 0 Å². The summed E-state index contributed by atoms with van der Waals surface area (Å²) in [6, 6.07) is 38.3. The first-order chi connectivity index (χ1) is 24.4. The number of hydrogen-bond donors (Lipinski definition) is 0. The van der Waals surface area contributed by atoms with E-state index in [1.807, 2.05) is 0 Å². The zero-order valence-corrected chi connectivity index (χ0v) is 35.2. The van der Waals surface area contributed by atoms with Gasteiger partial charge in [-0.15, -0.1) is 0 Å². The van der Waals surface area contributed by atoms with Crippen molar-refractivity contribution in [3.63, 3.8) is 0 Å². The lowest BCUT2D eigenvalue weighted by Gasteiger charge is -2.45. The summed E-state index contributed by atoms with van der Waals surface area (Å²) in [6.07, 6.45) is 0. The third-order valence-corrected chi connectivity index (χ3v) is 11.6. The Morgan fingerprint density at radius 2 is 0.792 bits per heavy atom. The maximum absolute atomic E-state index is 2.60. The van der Waals surface area contributed by atoms with Crippen molar-refractivity contribution in [2.45, 2.75) is 131 Å². The van der Waals surface area contributed by atoms with Crippen LogP contribution in [0.3, 0.4) is 0 Å². The van der Waals surface area contributed by atoms with Gasteiger partial charge in [-0.3, -0.25) is 0 Å². The molecule has 0 saturated carbocycles. The summed E-state index contributed by atoms with van der Waals surface area (Å²) in [5.41, 5.74) is 18.5. The summed E-state index contributed by atoms with van der Waals surface area (Å²) >= 11 is 0. The van der Waals surface area contributed by atoms with Gasteiger partial charge in [-0.25, -0.2) is 0 Å². The van der Waals surface area contributed by atoms with Crippen LogP contribution >= 0.6 is 0 Å². The Labute approximate surface area is 321 Å². The van der Waals surface area contributed by atoms with Gasteiger partial charge >= 0.3 is 0 Å². The Morgan fingerprint density at radius 3 is 1.30 bits per heavy atom. The third-order valence-electron chi connectivity index (χ3n) is 11.6. The van der Waals surface area contributed by atoms with Crippen molar-refractivity contribution in [1.29, 1.82) is 0 Å². The summed E-state index contributed by atoms with van der Waals surface area (Å²) in [4.78, 5) is 5.13. The molecule has 274 valence electrons. The SMILES string of the molecule is CC(C)(C)c1ccc(N2c3ccc(C(C)(C)C)cc3B3c4ccc(C(C)(C)C)cc4N(c4cc(C(C)(C)C)cc(C(C)(C)C)c4)c4cccc2c43)cc1. The van der Waals surface area contributed by atoms with Crippen molar-refractivity contribution in [3.8, 4) is 0 Å². The van der Waals surface area contributed by atoms with Crippen molar-refractivity contribution in [3.05, 3.63) is 125 Å². The smallest absolute Gasteiger partial charge is 0.252 e. The van der Waals surface area contributed by atoms with E-state index >= 15 is 0 Å². The number of nitrogens with zero attached hydrogens (tertiary/aromatic N) is 2. The first kappa shape index (κ1) is 37.1. The fourth-order valence-electron chi connectivity index (χ4n) is 8.14. The van der Waals surface area contributed by atoms with Gasteiger partial charge in [-0.1, -0.05) is 152 Å². The van der Waals surface area contributed by atoms with Gasteiger partial charge in [0.05, 0.1) is 0 Å². The minimum atomic E-state index is -0.00114. The van der Waals surface area contributed by atoms with Gasteiger partial charge in [0.2, 0.25) is 0 Å². The summed E-state index contributed by atoms with van der Waals surface area (Å²) < 4.78 is 0. The molecule has 0 atom stereocenters. The molecule has 3 heteroatoms.